The summed E-state index contributed by atoms with van der Waals surface area (Å²) in [6.07, 6.45) is 0.923. The molecule has 8 heteroatoms. The maximum absolute atomic E-state index is 12.5. The van der Waals surface area contributed by atoms with Gasteiger partial charge in [-0.15, -0.1) is 0 Å². The van der Waals surface area contributed by atoms with Gasteiger partial charge in [0.15, 0.2) is 0 Å². The lowest BCUT2D eigenvalue weighted by atomic mass is 9.98. The number of hydrogen-bond acceptors (Lipinski definition) is 3. The van der Waals surface area contributed by atoms with Crippen LogP contribution in [-0.4, -0.2) is 31.7 Å². The van der Waals surface area contributed by atoms with Gasteiger partial charge in [-0.3, -0.25) is 4.79 Å². The van der Waals surface area contributed by atoms with Crippen LogP contribution in [0.3, 0.4) is 0 Å². The highest BCUT2D eigenvalue weighted by Gasteiger charge is 2.31. The van der Waals surface area contributed by atoms with Crippen LogP contribution >= 0.6 is 27.5 Å². The number of piperidine rings is 1. The van der Waals surface area contributed by atoms with E-state index in [9.17, 15) is 13.2 Å². The summed E-state index contributed by atoms with van der Waals surface area (Å²) in [4.78, 5) is 11.3. The van der Waals surface area contributed by atoms with Crippen LogP contribution in [0.5, 0.6) is 0 Å². The first-order valence-corrected chi connectivity index (χ1v) is 8.68. The van der Waals surface area contributed by atoms with Crippen molar-refractivity contribution in [1.82, 2.24) is 4.31 Å². The minimum Gasteiger partial charge on any atom is -0.369 e. The fraction of sp³-hybridized carbons (Fsp3) is 0.417. The summed E-state index contributed by atoms with van der Waals surface area (Å²) in [6, 6.07) is 4.50. The van der Waals surface area contributed by atoms with Gasteiger partial charge in [0.2, 0.25) is 15.9 Å². The quantitative estimate of drug-likeness (QED) is 0.869. The summed E-state index contributed by atoms with van der Waals surface area (Å²) in [5.74, 6) is -0.602. The molecule has 1 amide bonds. The van der Waals surface area contributed by atoms with E-state index >= 15 is 0 Å². The highest BCUT2D eigenvalue weighted by atomic mass is 79.9. The minimum atomic E-state index is -3.56. The summed E-state index contributed by atoms with van der Waals surface area (Å²) in [5, 5.41) is 0.455. The average Bonchev–Trinajstić information content (AvgIpc) is 2.41. The lowest BCUT2D eigenvalue weighted by Gasteiger charge is -2.29. The predicted molar refractivity (Wildman–Crippen MR) is 79.8 cm³/mol. The van der Waals surface area contributed by atoms with E-state index in [4.69, 9.17) is 17.3 Å². The Bertz CT molecular complexity index is 628. The Balaban J connectivity index is 2.19. The van der Waals surface area contributed by atoms with E-state index in [2.05, 4.69) is 15.9 Å². The topological polar surface area (TPSA) is 80.5 Å². The zero-order valence-electron chi connectivity index (χ0n) is 10.6. The number of nitrogens with zero attached hydrogens (tertiary/aromatic N) is 1. The van der Waals surface area contributed by atoms with Crippen LogP contribution < -0.4 is 5.73 Å². The van der Waals surface area contributed by atoms with Gasteiger partial charge in [-0.05, 0) is 47.0 Å². The van der Waals surface area contributed by atoms with Crippen LogP contribution in [0.2, 0.25) is 5.02 Å². The summed E-state index contributed by atoms with van der Waals surface area (Å²) >= 11 is 9.08. The van der Waals surface area contributed by atoms with Crippen molar-refractivity contribution >= 4 is 43.5 Å². The molecule has 0 spiro atoms. The molecule has 0 atom stereocenters. The van der Waals surface area contributed by atoms with Crippen molar-refractivity contribution in [3.8, 4) is 0 Å². The molecule has 0 aliphatic carbocycles. The number of hydrogen-bond donors (Lipinski definition) is 1. The predicted octanol–water partition coefficient (Wildman–Crippen LogP) is 1.99. The molecule has 1 heterocycles. The van der Waals surface area contributed by atoms with E-state index in [1.165, 1.54) is 22.5 Å². The summed E-state index contributed by atoms with van der Waals surface area (Å²) in [6.45, 7) is 0.604. The number of primary amides is 1. The average molecular weight is 382 g/mol. The number of sulfonamides is 1. The molecule has 110 valence electrons. The van der Waals surface area contributed by atoms with Gasteiger partial charge in [-0.1, -0.05) is 11.6 Å². The van der Waals surface area contributed by atoms with Crippen molar-refractivity contribution in [2.45, 2.75) is 17.7 Å². The van der Waals surface area contributed by atoms with E-state index in [-0.39, 0.29) is 16.7 Å². The number of rotatable bonds is 3. The lowest BCUT2D eigenvalue weighted by Crippen LogP contribution is -2.41. The first kappa shape index (κ1) is 15.8. The molecule has 2 rings (SSSR count). The normalized spacial score (nSPS) is 18.1. The molecule has 0 unspecified atom stereocenters. The van der Waals surface area contributed by atoms with Crippen LogP contribution in [0, 0.1) is 5.92 Å². The van der Waals surface area contributed by atoms with Gasteiger partial charge in [-0.2, -0.15) is 4.31 Å². The molecule has 2 N–H and O–H groups in total. The number of amides is 1. The van der Waals surface area contributed by atoms with E-state index < -0.39 is 10.0 Å². The number of carbonyl (C=O) groups is 1. The zero-order chi connectivity index (χ0) is 14.9. The molecule has 1 aliphatic heterocycles. The second kappa shape index (κ2) is 6.01. The van der Waals surface area contributed by atoms with Gasteiger partial charge in [0.1, 0.15) is 0 Å². The maximum Gasteiger partial charge on any atom is 0.243 e. The third-order valence-corrected chi connectivity index (χ3v) is 6.49. The van der Waals surface area contributed by atoms with Crippen LogP contribution in [0.4, 0.5) is 0 Å². The molecule has 0 radical (unpaired) electrons. The second-order valence-electron chi connectivity index (χ2n) is 4.66. The largest absolute Gasteiger partial charge is 0.369 e. The maximum atomic E-state index is 12.5. The van der Waals surface area contributed by atoms with Gasteiger partial charge in [-0.25, -0.2) is 8.42 Å². The van der Waals surface area contributed by atoms with Gasteiger partial charge >= 0.3 is 0 Å². The van der Waals surface area contributed by atoms with Crippen LogP contribution in [0.25, 0.3) is 0 Å². The van der Waals surface area contributed by atoms with Crippen LogP contribution in [-0.2, 0) is 14.8 Å². The molecular formula is C12H14BrClN2O3S. The van der Waals surface area contributed by atoms with Crippen molar-refractivity contribution in [1.29, 1.82) is 0 Å². The molecule has 0 bridgehead atoms. The van der Waals surface area contributed by atoms with Gasteiger partial charge < -0.3 is 5.73 Å². The summed E-state index contributed by atoms with van der Waals surface area (Å²) in [5.41, 5.74) is 5.24. The molecule has 1 aliphatic rings. The standard InChI is InChI=1S/C12H14BrClN2O3S/c13-10-7-9(1-2-11(10)14)20(18,19)16-5-3-8(4-6-16)12(15)17/h1-2,7-8H,3-6H2,(H2,15,17). The number of benzene rings is 1. The van der Waals surface area contributed by atoms with Gasteiger partial charge in [0, 0.05) is 23.5 Å². The van der Waals surface area contributed by atoms with Crippen molar-refractivity contribution in [2.75, 3.05) is 13.1 Å². The Hall–Kier alpha value is -0.630. The number of halogens is 2. The van der Waals surface area contributed by atoms with E-state index in [1.54, 1.807) is 0 Å². The third kappa shape index (κ3) is 3.16. The fourth-order valence-electron chi connectivity index (χ4n) is 2.17. The zero-order valence-corrected chi connectivity index (χ0v) is 13.7. The van der Waals surface area contributed by atoms with Crippen molar-refractivity contribution in [2.24, 2.45) is 11.7 Å². The fourth-order valence-corrected chi connectivity index (χ4v) is 4.31. The molecule has 1 aromatic rings. The summed E-state index contributed by atoms with van der Waals surface area (Å²) < 4.78 is 26.9. The first-order valence-electron chi connectivity index (χ1n) is 6.07. The molecule has 1 saturated heterocycles. The Morgan fingerprint density at radius 2 is 1.95 bits per heavy atom. The molecule has 0 saturated carbocycles. The van der Waals surface area contributed by atoms with E-state index in [0.29, 0.717) is 35.4 Å². The highest BCUT2D eigenvalue weighted by molar-refractivity contribution is 9.10. The van der Waals surface area contributed by atoms with Crippen molar-refractivity contribution in [3.05, 3.63) is 27.7 Å². The molecule has 1 aromatic carbocycles. The number of nitrogens with two attached hydrogens (primary N) is 1. The second-order valence-corrected chi connectivity index (χ2v) is 7.86. The lowest BCUT2D eigenvalue weighted by molar-refractivity contribution is -0.122. The van der Waals surface area contributed by atoms with E-state index in [1.807, 2.05) is 0 Å². The van der Waals surface area contributed by atoms with Gasteiger partial charge in [0.05, 0.1) is 9.92 Å². The SMILES string of the molecule is NC(=O)C1CCN(S(=O)(=O)c2ccc(Cl)c(Br)c2)CC1. The number of carbonyl (C=O) groups excluding carboxylic acids is 1. The molecular weight excluding hydrogens is 368 g/mol. The Labute approximate surface area is 131 Å². The Morgan fingerprint density at radius 3 is 2.45 bits per heavy atom. The van der Waals surface area contributed by atoms with Crippen LogP contribution in [0.15, 0.2) is 27.6 Å². The van der Waals surface area contributed by atoms with Gasteiger partial charge in [0.25, 0.3) is 0 Å². The van der Waals surface area contributed by atoms with E-state index in [0.717, 1.165) is 0 Å². The monoisotopic (exact) mass is 380 g/mol. The highest BCUT2D eigenvalue weighted by Crippen LogP contribution is 2.28. The third-order valence-electron chi connectivity index (χ3n) is 3.39. The molecule has 0 aromatic heterocycles. The Kier molecular flexibility index (Phi) is 4.73. The molecule has 5 nitrogen and oxygen atoms in total. The van der Waals surface area contributed by atoms with Crippen molar-refractivity contribution in [3.63, 3.8) is 0 Å². The molecule has 20 heavy (non-hydrogen) atoms. The smallest absolute Gasteiger partial charge is 0.243 e. The van der Waals surface area contributed by atoms with Crippen molar-refractivity contribution < 1.29 is 13.2 Å². The van der Waals surface area contributed by atoms with Crippen LogP contribution in [0.1, 0.15) is 12.8 Å². The Morgan fingerprint density at radius 1 is 1.35 bits per heavy atom. The summed E-state index contributed by atoms with van der Waals surface area (Å²) in [7, 11) is -3.56. The molecule has 1 fully saturated rings. The minimum absolute atomic E-state index is 0.186. The first-order chi connectivity index (χ1) is 9.32.